The predicted octanol–water partition coefficient (Wildman–Crippen LogP) is 1.76. The van der Waals surface area contributed by atoms with Crippen molar-refractivity contribution in [1.29, 1.82) is 0 Å². The first-order chi connectivity index (χ1) is 7.84. The van der Waals surface area contributed by atoms with Gasteiger partial charge in [-0.2, -0.15) is 13.2 Å². The maximum absolute atomic E-state index is 12.7. The summed E-state index contributed by atoms with van der Waals surface area (Å²) in [5.41, 5.74) is 4.56. The molecule has 1 heterocycles. The van der Waals surface area contributed by atoms with Gasteiger partial charge in [-0.3, -0.25) is 4.79 Å². The first-order valence-electron chi connectivity index (χ1n) is 4.63. The molecule has 1 aliphatic heterocycles. The van der Waals surface area contributed by atoms with E-state index in [1.54, 1.807) is 0 Å². The number of rotatable bonds is 0. The summed E-state index contributed by atoms with van der Waals surface area (Å²) in [4.78, 5) is 22.9. The molecule has 1 aromatic rings. The number of carbonyl (C=O) groups excluding carboxylic acids is 2. The first-order valence-corrected chi connectivity index (χ1v) is 4.63. The molecule has 0 aliphatic carbocycles. The second kappa shape index (κ2) is 3.47. The number of urea groups is 1. The summed E-state index contributed by atoms with van der Waals surface area (Å²) in [5.74, 6) is -3.67. The lowest BCUT2D eigenvalue weighted by Gasteiger charge is -2.14. The number of primary amides is 1. The van der Waals surface area contributed by atoms with Crippen LogP contribution in [0.5, 0.6) is 0 Å². The molecule has 2 rings (SSSR count). The number of para-hydroxylation sites is 1. The molecule has 2 N–H and O–H groups in total. The average molecular weight is 244 g/mol. The predicted molar refractivity (Wildman–Crippen MR) is 52.3 cm³/mol. The summed E-state index contributed by atoms with van der Waals surface area (Å²) in [5, 5.41) is 0. The van der Waals surface area contributed by atoms with Crippen molar-refractivity contribution in [3.63, 3.8) is 0 Å². The number of hydrogen-bond donors (Lipinski definition) is 1. The minimum absolute atomic E-state index is 0.104. The maximum atomic E-state index is 12.7. The fraction of sp³-hybridized carbons (Fsp3) is 0.200. The van der Waals surface area contributed by atoms with Crippen molar-refractivity contribution in [2.45, 2.75) is 12.1 Å². The molecule has 7 heteroatoms. The molecule has 0 saturated carbocycles. The minimum atomic E-state index is -4.74. The lowest BCUT2D eigenvalue weighted by atomic mass is 10.0. The molecule has 0 radical (unpaired) electrons. The van der Waals surface area contributed by atoms with E-state index in [0.717, 1.165) is 6.07 Å². The molecule has 17 heavy (non-hydrogen) atoms. The molecular weight excluding hydrogens is 237 g/mol. The molecule has 0 saturated heterocycles. The van der Waals surface area contributed by atoms with Crippen LogP contribution in [0.2, 0.25) is 0 Å². The highest BCUT2D eigenvalue weighted by molar-refractivity contribution is 6.20. The second-order valence-electron chi connectivity index (χ2n) is 3.55. The van der Waals surface area contributed by atoms with Crippen LogP contribution in [0.4, 0.5) is 23.7 Å². The lowest BCUT2D eigenvalue weighted by molar-refractivity contribution is -0.161. The van der Waals surface area contributed by atoms with E-state index < -0.39 is 24.0 Å². The van der Waals surface area contributed by atoms with Gasteiger partial charge in [0, 0.05) is 0 Å². The molecule has 0 aromatic heterocycles. The Bertz CT molecular complexity index is 499. The van der Waals surface area contributed by atoms with Crippen LogP contribution in [-0.2, 0) is 4.79 Å². The Morgan fingerprint density at radius 1 is 1.29 bits per heavy atom. The summed E-state index contributed by atoms with van der Waals surface area (Å²) in [6, 6.07) is 4.00. The quantitative estimate of drug-likeness (QED) is 0.755. The van der Waals surface area contributed by atoms with Crippen molar-refractivity contribution < 1.29 is 22.8 Å². The number of hydrogen-bond acceptors (Lipinski definition) is 2. The number of nitrogens with two attached hydrogens (primary N) is 1. The Balaban J connectivity index is 2.61. The molecule has 90 valence electrons. The standard InChI is InChI=1S/C10H7F3N2O2/c11-10(12,13)7-5-3-1-2-4-6(5)15(8(7)16)9(14)17/h1-4,7H,(H2,14,17). The average Bonchev–Trinajstić information content (AvgIpc) is 2.48. The molecule has 1 aromatic carbocycles. The van der Waals surface area contributed by atoms with E-state index in [1.165, 1.54) is 18.2 Å². The van der Waals surface area contributed by atoms with Crippen LogP contribution in [-0.4, -0.2) is 18.1 Å². The molecule has 4 nitrogen and oxygen atoms in total. The number of carbonyl (C=O) groups is 2. The second-order valence-corrected chi connectivity index (χ2v) is 3.55. The van der Waals surface area contributed by atoms with Crippen LogP contribution >= 0.6 is 0 Å². The Morgan fingerprint density at radius 2 is 1.88 bits per heavy atom. The van der Waals surface area contributed by atoms with E-state index in [-0.39, 0.29) is 11.3 Å². The van der Waals surface area contributed by atoms with Crippen LogP contribution < -0.4 is 10.6 Å². The SMILES string of the molecule is NC(=O)N1C(=O)C(C(F)(F)F)c2ccccc21. The van der Waals surface area contributed by atoms with Gasteiger partial charge in [-0.15, -0.1) is 0 Å². The Kier molecular flexibility index (Phi) is 2.34. The van der Waals surface area contributed by atoms with Crippen LogP contribution in [0.3, 0.4) is 0 Å². The van der Waals surface area contributed by atoms with Gasteiger partial charge in [-0.05, 0) is 11.6 Å². The number of benzene rings is 1. The molecule has 1 atom stereocenters. The zero-order chi connectivity index (χ0) is 12.8. The third-order valence-corrected chi connectivity index (χ3v) is 2.50. The number of imide groups is 1. The highest BCUT2D eigenvalue weighted by atomic mass is 19.4. The number of nitrogens with zero attached hydrogens (tertiary/aromatic N) is 1. The van der Waals surface area contributed by atoms with Crippen molar-refractivity contribution in [2.75, 3.05) is 4.90 Å². The van der Waals surface area contributed by atoms with Crippen LogP contribution in [0.1, 0.15) is 11.5 Å². The summed E-state index contributed by atoms with van der Waals surface area (Å²) in [7, 11) is 0. The largest absolute Gasteiger partial charge is 0.404 e. The van der Waals surface area contributed by atoms with E-state index in [4.69, 9.17) is 5.73 Å². The zero-order valence-corrected chi connectivity index (χ0v) is 8.36. The summed E-state index contributed by atoms with van der Waals surface area (Å²) < 4.78 is 38.2. The molecule has 0 fully saturated rings. The highest BCUT2D eigenvalue weighted by Gasteiger charge is 2.54. The molecule has 1 aliphatic rings. The zero-order valence-electron chi connectivity index (χ0n) is 8.36. The third-order valence-electron chi connectivity index (χ3n) is 2.50. The van der Waals surface area contributed by atoms with Gasteiger partial charge in [-0.25, -0.2) is 9.69 Å². The van der Waals surface area contributed by atoms with Crippen LogP contribution in [0, 0.1) is 0 Å². The Hall–Kier alpha value is -2.05. The number of halogens is 3. The minimum Gasteiger partial charge on any atom is -0.351 e. The summed E-state index contributed by atoms with van der Waals surface area (Å²) in [6.07, 6.45) is -4.74. The van der Waals surface area contributed by atoms with Gasteiger partial charge in [0.05, 0.1) is 5.69 Å². The van der Waals surface area contributed by atoms with E-state index in [1.807, 2.05) is 0 Å². The topological polar surface area (TPSA) is 63.4 Å². The van der Waals surface area contributed by atoms with Crippen molar-refractivity contribution in [3.05, 3.63) is 29.8 Å². The normalized spacial score (nSPS) is 19.4. The maximum Gasteiger partial charge on any atom is 0.404 e. The van der Waals surface area contributed by atoms with Gasteiger partial charge in [-0.1, -0.05) is 18.2 Å². The van der Waals surface area contributed by atoms with Gasteiger partial charge >= 0.3 is 12.2 Å². The summed E-state index contributed by atoms with van der Waals surface area (Å²) >= 11 is 0. The summed E-state index contributed by atoms with van der Waals surface area (Å²) in [6.45, 7) is 0. The number of alkyl halides is 3. The number of amides is 3. The van der Waals surface area contributed by atoms with Gasteiger partial charge in [0.25, 0.3) is 5.91 Å². The van der Waals surface area contributed by atoms with Crippen molar-refractivity contribution >= 4 is 17.6 Å². The van der Waals surface area contributed by atoms with Crippen LogP contribution in [0.15, 0.2) is 24.3 Å². The molecular formula is C10H7F3N2O2. The monoisotopic (exact) mass is 244 g/mol. The van der Waals surface area contributed by atoms with E-state index in [2.05, 4.69) is 0 Å². The molecule has 0 spiro atoms. The third kappa shape index (κ3) is 1.63. The van der Waals surface area contributed by atoms with E-state index in [9.17, 15) is 22.8 Å². The smallest absolute Gasteiger partial charge is 0.351 e. The van der Waals surface area contributed by atoms with Gasteiger partial charge in [0.2, 0.25) is 0 Å². The molecule has 3 amide bonds. The fourth-order valence-electron chi connectivity index (χ4n) is 1.86. The highest BCUT2D eigenvalue weighted by Crippen LogP contribution is 2.45. The van der Waals surface area contributed by atoms with Crippen molar-refractivity contribution in [1.82, 2.24) is 0 Å². The number of fused-ring (bicyclic) bond motifs is 1. The van der Waals surface area contributed by atoms with Gasteiger partial charge in [0.1, 0.15) is 0 Å². The first kappa shape index (κ1) is 11.4. The van der Waals surface area contributed by atoms with Gasteiger partial charge in [0.15, 0.2) is 5.92 Å². The Labute approximate surface area is 93.8 Å². The molecule has 0 bridgehead atoms. The van der Waals surface area contributed by atoms with Crippen molar-refractivity contribution in [3.8, 4) is 0 Å². The van der Waals surface area contributed by atoms with Crippen LogP contribution in [0.25, 0.3) is 0 Å². The van der Waals surface area contributed by atoms with E-state index >= 15 is 0 Å². The lowest BCUT2D eigenvalue weighted by Crippen LogP contribution is -2.41. The number of anilines is 1. The van der Waals surface area contributed by atoms with E-state index in [0.29, 0.717) is 4.90 Å². The van der Waals surface area contributed by atoms with Gasteiger partial charge < -0.3 is 5.73 Å². The molecule has 1 unspecified atom stereocenters. The fourth-order valence-corrected chi connectivity index (χ4v) is 1.86. The van der Waals surface area contributed by atoms with Crippen molar-refractivity contribution in [2.24, 2.45) is 5.73 Å². The Morgan fingerprint density at radius 3 is 2.41 bits per heavy atom.